The molecule has 12 heavy (non-hydrogen) atoms. The highest BCUT2D eigenvalue weighted by molar-refractivity contribution is 5.73. The molecule has 0 bridgehead atoms. The molecule has 1 N–H and O–H groups in total. The van der Waals surface area contributed by atoms with Gasteiger partial charge in [0.05, 0.1) is 0 Å². The molecular weight excluding hydrogens is 154 g/mol. The van der Waals surface area contributed by atoms with Crippen molar-refractivity contribution in [3.63, 3.8) is 0 Å². The largest absolute Gasteiger partial charge is 0.480 e. The van der Waals surface area contributed by atoms with Crippen molar-refractivity contribution in [2.45, 2.75) is 32.7 Å². The molecule has 0 aromatic carbocycles. The van der Waals surface area contributed by atoms with Crippen LogP contribution in [0.1, 0.15) is 26.7 Å². The lowest BCUT2D eigenvalue weighted by molar-refractivity contribution is -0.144. The van der Waals surface area contributed by atoms with Gasteiger partial charge in [-0.25, -0.2) is 0 Å². The van der Waals surface area contributed by atoms with Gasteiger partial charge in [-0.15, -0.1) is 0 Å². The first-order chi connectivity index (χ1) is 5.63. The van der Waals surface area contributed by atoms with E-state index in [0.29, 0.717) is 0 Å². The SMILES string of the molecule is CC(C)[C@H](C(=O)O)N1CCCC1. The number of rotatable bonds is 3. The van der Waals surface area contributed by atoms with Gasteiger partial charge in [0.25, 0.3) is 0 Å². The number of likely N-dealkylation sites (tertiary alicyclic amines) is 1. The summed E-state index contributed by atoms with van der Waals surface area (Å²) in [5.74, 6) is -0.465. The number of hydrogen-bond acceptors (Lipinski definition) is 2. The highest BCUT2D eigenvalue weighted by Gasteiger charge is 2.30. The van der Waals surface area contributed by atoms with Crippen molar-refractivity contribution in [1.82, 2.24) is 4.90 Å². The molecular formula is C9H17NO2. The Kier molecular flexibility index (Phi) is 3.09. The average molecular weight is 171 g/mol. The standard InChI is InChI=1S/C9H17NO2/c1-7(2)8(9(11)12)10-5-3-4-6-10/h7-8H,3-6H2,1-2H3,(H,11,12)/t8-/m1/s1. The van der Waals surface area contributed by atoms with Crippen molar-refractivity contribution in [2.24, 2.45) is 5.92 Å². The first kappa shape index (κ1) is 9.52. The molecule has 0 aliphatic carbocycles. The van der Waals surface area contributed by atoms with Crippen LogP contribution in [0.5, 0.6) is 0 Å². The Balaban J connectivity index is 2.58. The van der Waals surface area contributed by atoms with E-state index in [4.69, 9.17) is 5.11 Å². The van der Waals surface area contributed by atoms with Crippen LogP contribution in [0.4, 0.5) is 0 Å². The molecule has 0 saturated carbocycles. The maximum absolute atomic E-state index is 10.9. The van der Waals surface area contributed by atoms with E-state index in [9.17, 15) is 4.79 Å². The van der Waals surface area contributed by atoms with Crippen molar-refractivity contribution < 1.29 is 9.90 Å². The molecule has 1 aliphatic rings. The summed E-state index contributed by atoms with van der Waals surface area (Å²) < 4.78 is 0. The smallest absolute Gasteiger partial charge is 0.321 e. The predicted molar refractivity (Wildman–Crippen MR) is 47.1 cm³/mol. The van der Waals surface area contributed by atoms with Crippen molar-refractivity contribution in [2.75, 3.05) is 13.1 Å². The Morgan fingerprint density at radius 2 is 1.83 bits per heavy atom. The normalized spacial score (nSPS) is 21.6. The molecule has 3 heteroatoms. The maximum atomic E-state index is 10.9. The number of aliphatic carboxylic acids is 1. The van der Waals surface area contributed by atoms with Gasteiger partial charge in [0.1, 0.15) is 6.04 Å². The lowest BCUT2D eigenvalue weighted by Gasteiger charge is -2.26. The summed E-state index contributed by atoms with van der Waals surface area (Å²) in [5, 5.41) is 8.96. The zero-order chi connectivity index (χ0) is 9.14. The molecule has 0 spiro atoms. The summed E-state index contributed by atoms with van der Waals surface area (Å²) in [6.07, 6.45) is 2.30. The zero-order valence-corrected chi connectivity index (χ0v) is 7.79. The molecule has 0 amide bonds. The Morgan fingerprint density at radius 3 is 2.17 bits per heavy atom. The fraction of sp³-hybridized carbons (Fsp3) is 0.889. The van der Waals surface area contributed by atoms with Crippen molar-refractivity contribution in [3.8, 4) is 0 Å². The van der Waals surface area contributed by atoms with E-state index in [-0.39, 0.29) is 12.0 Å². The minimum atomic E-state index is -0.674. The molecule has 0 aromatic rings. The molecule has 70 valence electrons. The van der Waals surface area contributed by atoms with Crippen LogP contribution in [-0.2, 0) is 4.79 Å². The summed E-state index contributed by atoms with van der Waals surface area (Å²) >= 11 is 0. The number of nitrogens with zero attached hydrogens (tertiary/aromatic N) is 1. The second-order valence-corrected chi connectivity index (χ2v) is 3.77. The van der Waals surface area contributed by atoms with Crippen LogP contribution in [0.2, 0.25) is 0 Å². The molecule has 1 fully saturated rings. The number of carboxylic acid groups (broad SMARTS) is 1. The first-order valence-corrected chi connectivity index (χ1v) is 4.60. The lowest BCUT2D eigenvalue weighted by Crippen LogP contribution is -2.42. The average Bonchev–Trinajstić information content (AvgIpc) is 2.37. The highest BCUT2D eigenvalue weighted by atomic mass is 16.4. The van der Waals surface area contributed by atoms with E-state index in [1.807, 2.05) is 13.8 Å². The van der Waals surface area contributed by atoms with Crippen molar-refractivity contribution >= 4 is 5.97 Å². The summed E-state index contributed by atoms with van der Waals surface area (Å²) in [7, 11) is 0. The van der Waals surface area contributed by atoms with Crippen LogP contribution >= 0.6 is 0 Å². The molecule has 0 unspecified atom stereocenters. The molecule has 1 saturated heterocycles. The van der Waals surface area contributed by atoms with Crippen LogP contribution in [0.25, 0.3) is 0 Å². The van der Waals surface area contributed by atoms with E-state index < -0.39 is 5.97 Å². The third-order valence-electron chi connectivity index (χ3n) is 2.42. The van der Waals surface area contributed by atoms with Crippen molar-refractivity contribution in [3.05, 3.63) is 0 Å². The molecule has 1 aliphatic heterocycles. The highest BCUT2D eigenvalue weighted by Crippen LogP contribution is 2.17. The van der Waals surface area contributed by atoms with Crippen LogP contribution in [0.3, 0.4) is 0 Å². The molecule has 1 atom stereocenters. The summed E-state index contributed by atoms with van der Waals surface area (Å²) in [6, 6.07) is -0.271. The van der Waals surface area contributed by atoms with Crippen LogP contribution < -0.4 is 0 Å². The number of hydrogen-bond donors (Lipinski definition) is 1. The Bertz CT molecular complexity index is 162. The monoisotopic (exact) mass is 171 g/mol. The van der Waals surface area contributed by atoms with E-state index in [2.05, 4.69) is 4.90 Å². The third kappa shape index (κ3) is 1.97. The van der Waals surface area contributed by atoms with Crippen LogP contribution in [0, 0.1) is 5.92 Å². The quantitative estimate of drug-likeness (QED) is 0.693. The predicted octanol–water partition coefficient (Wildman–Crippen LogP) is 1.19. The number of carbonyl (C=O) groups is 1. The van der Waals surface area contributed by atoms with Crippen LogP contribution in [-0.4, -0.2) is 35.1 Å². The van der Waals surface area contributed by atoms with Gasteiger partial charge in [-0.3, -0.25) is 9.69 Å². The molecule has 0 aromatic heterocycles. The lowest BCUT2D eigenvalue weighted by atomic mass is 10.0. The van der Waals surface area contributed by atoms with E-state index in [0.717, 1.165) is 25.9 Å². The minimum absolute atomic E-state index is 0.209. The molecule has 1 rings (SSSR count). The maximum Gasteiger partial charge on any atom is 0.321 e. The second-order valence-electron chi connectivity index (χ2n) is 3.77. The minimum Gasteiger partial charge on any atom is -0.480 e. The van der Waals surface area contributed by atoms with Gasteiger partial charge in [0.2, 0.25) is 0 Å². The fourth-order valence-corrected chi connectivity index (χ4v) is 1.88. The number of carboxylic acids is 1. The summed E-state index contributed by atoms with van der Waals surface area (Å²) in [4.78, 5) is 13.0. The van der Waals surface area contributed by atoms with Gasteiger partial charge in [-0.2, -0.15) is 0 Å². The summed E-state index contributed by atoms with van der Waals surface area (Å²) in [5.41, 5.74) is 0. The zero-order valence-electron chi connectivity index (χ0n) is 7.79. The van der Waals surface area contributed by atoms with Gasteiger partial charge in [-0.1, -0.05) is 13.8 Å². The first-order valence-electron chi connectivity index (χ1n) is 4.60. The van der Waals surface area contributed by atoms with Crippen LogP contribution in [0.15, 0.2) is 0 Å². The van der Waals surface area contributed by atoms with E-state index in [1.165, 1.54) is 0 Å². The van der Waals surface area contributed by atoms with Gasteiger partial charge in [0, 0.05) is 0 Å². The second kappa shape index (κ2) is 3.90. The Hall–Kier alpha value is -0.570. The van der Waals surface area contributed by atoms with Gasteiger partial charge in [-0.05, 0) is 31.8 Å². The van der Waals surface area contributed by atoms with Crippen molar-refractivity contribution in [1.29, 1.82) is 0 Å². The molecule has 0 radical (unpaired) electrons. The summed E-state index contributed by atoms with van der Waals surface area (Å²) in [6.45, 7) is 5.85. The van der Waals surface area contributed by atoms with Gasteiger partial charge in [0.15, 0.2) is 0 Å². The molecule has 3 nitrogen and oxygen atoms in total. The Morgan fingerprint density at radius 1 is 1.33 bits per heavy atom. The topological polar surface area (TPSA) is 40.5 Å². The van der Waals surface area contributed by atoms with Gasteiger partial charge < -0.3 is 5.11 Å². The third-order valence-corrected chi connectivity index (χ3v) is 2.42. The fourth-order valence-electron chi connectivity index (χ4n) is 1.88. The Labute approximate surface area is 73.4 Å². The van der Waals surface area contributed by atoms with E-state index >= 15 is 0 Å². The van der Waals surface area contributed by atoms with Gasteiger partial charge >= 0.3 is 5.97 Å². The molecule has 1 heterocycles. The van der Waals surface area contributed by atoms with E-state index in [1.54, 1.807) is 0 Å².